The molecule has 2 aliphatic carbocycles. The van der Waals surface area contributed by atoms with Crippen molar-refractivity contribution in [3.05, 3.63) is 5.92 Å². The molecule has 0 heteroatoms. The normalized spacial score (nSPS) is 29.8. The van der Waals surface area contributed by atoms with E-state index >= 15 is 0 Å². The second kappa shape index (κ2) is 3.40. The molecule has 69 valence electrons. The van der Waals surface area contributed by atoms with E-state index in [1.807, 2.05) is 5.92 Å². The van der Waals surface area contributed by atoms with Crippen LogP contribution in [0.25, 0.3) is 0 Å². The molecule has 0 nitrogen and oxygen atoms in total. The molecule has 0 aromatic heterocycles. The Labute approximate surface area is 76.7 Å². The lowest BCUT2D eigenvalue weighted by atomic mass is 9.79. The van der Waals surface area contributed by atoms with Gasteiger partial charge in [-0.1, -0.05) is 32.6 Å². The quantitative estimate of drug-likeness (QED) is 0.577. The summed E-state index contributed by atoms with van der Waals surface area (Å²) in [6.45, 7) is 2.51. The fraction of sp³-hybridized carbons (Fsp3) is 0.917. The summed E-state index contributed by atoms with van der Waals surface area (Å²) in [7, 11) is 0. The Hall–Kier alpha value is 0. The molecular formula is C12H21. The number of hydrogen-bond acceptors (Lipinski definition) is 0. The molecule has 2 saturated carbocycles. The lowest BCUT2D eigenvalue weighted by Crippen LogP contribution is -2.14. The highest BCUT2D eigenvalue weighted by Gasteiger charge is 2.32. The van der Waals surface area contributed by atoms with Gasteiger partial charge < -0.3 is 0 Å². The highest BCUT2D eigenvalue weighted by Crippen LogP contribution is 2.46. The molecule has 0 saturated heterocycles. The van der Waals surface area contributed by atoms with E-state index in [0.717, 1.165) is 5.41 Å². The third-order valence-corrected chi connectivity index (χ3v) is 3.80. The van der Waals surface area contributed by atoms with Gasteiger partial charge in [0.05, 0.1) is 0 Å². The fourth-order valence-electron chi connectivity index (χ4n) is 3.06. The van der Waals surface area contributed by atoms with Crippen molar-refractivity contribution < 1.29 is 0 Å². The van der Waals surface area contributed by atoms with Crippen LogP contribution in [0.5, 0.6) is 0 Å². The summed E-state index contributed by atoms with van der Waals surface area (Å²) in [5, 5.41) is 0. The number of rotatable bonds is 2. The second-order valence-corrected chi connectivity index (χ2v) is 5.15. The molecule has 0 atom stereocenters. The first kappa shape index (κ1) is 8.59. The van der Waals surface area contributed by atoms with Crippen LogP contribution in [-0.2, 0) is 0 Å². The van der Waals surface area contributed by atoms with Gasteiger partial charge in [0.1, 0.15) is 0 Å². The summed E-state index contributed by atoms with van der Waals surface area (Å²) in [6, 6.07) is 0. The average molecular weight is 165 g/mol. The summed E-state index contributed by atoms with van der Waals surface area (Å²) < 4.78 is 0. The predicted molar refractivity (Wildman–Crippen MR) is 52.9 cm³/mol. The minimum Gasteiger partial charge on any atom is -0.0596 e. The van der Waals surface area contributed by atoms with E-state index in [0.29, 0.717) is 0 Å². The van der Waals surface area contributed by atoms with Crippen molar-refractivity contribution in [3.63, 3.8) is 0 Å². The van der Waals surface area contributed by atoms with Crippen molar-refractivity contribution in [2.24, 2.45) is 5.41 Å². The standard InChI is InChI=1S/C12H21/c1-12(8-4-5-9-12)10-11-6-2-3-7-11/h2-10H2,1H3. The van der Waals surface area contributed by atoms with Crippen molar-refractivity contribution in [2.75, 3.05) is 0 Å². The molecule has 0 N–H and O–H groups in total. The molecule has 0 heterocycles. The Morgan fingerprint density at radius 1 is 1.00 bits per heavy atom. The van der Waals surface area contributed by atoms with Gasteiger partial charge in [-0.3, -0.25) is 0 Å². The van der Waals surface area contributed by atoms with Gasteiger partial charge in [-0.05, 0) is 43.4 Å². The number of hydrogen-bond donors (Lipinski definition) is 0. The van der Waals surface area contributed by atoms with Crippen molar-refractivity contribution in [1.82, 2.24) is 0 Å². The van der Waals surface area contributed by atoms with Gasteiger partial charge in [0.15, 0.2) is 0 Å². The van der Waals surface area contributed by atoms with Crippen molar-refractivity contribution in [2.45, 2.75) is 64.7 Å². The van der Waals surface area contributed by atoms with Gasteiger partial charge in [0.25, 0.3) is 0 Å². The lowest BCUT2D eigenvalue weighted by molar-refractivity contribution is 0.311. The van der Waals surface area contributed by atoms with Gasteiger partial charge in [-0.25, -0.2) is 0 Å². The first-order valence-corrected chi connectivity index (χ1v) is 5.62. The van der Waals surface area contributed by atoms with Crippen molar-refractivity contribution >= 4 is 0 Å². The zero-order chi connectivity index (χ0) is 8.44. The fourth-order valence-corrected chi connectivity index (χ4v) is 3.06. The predicted octanol–water partition coefficient (Wildman–Crippen LogP) is 4.11. The molecule has 1 radical (unpaired) electrons. The van der Waals surface area contributed by atoms with Crippen LogP contribution in [0.2, 0.25) is 0 Å². The van der Waals surface area contributed by atoms with E-state index in [1.54, 1.807) is 0 Å². The lowest BCUT2D eigenvalue weighted by Gasteiger charge is -2.26. The molecule has 0 bridgehead atoms. The molecule has 2 fully saturated rings. The molecule has 0 spiro atoms. The molecule has 12 heavy (non-hydrogen) atoms. The first-order valence-electron chi connectivity index (χ1n) is 5.62. The van der Waals surface area contributed by atoms with Crippen LogP contribution in [-0.4, -0.2) is 0 Å². The Morgan fingerprint density at radius 2 is 1.58 bits per heavy atom. The molecule has 0 amide bonds. The molecule has 2 rings (SSSR count). The van der Waals surface area contributed by atoms with E-state index in [4.69, 9.17) is 0 Å². The van der Waals surface area contributed by atoms with Crippen LogP contribution in [0.3, 0.4) is 0 Å². The van der Waals surface area contributed by atoms with Gasteiger partial charge >= 0.3 is 0 Å². The van der Waals surface area contributed by atoms with Crippen LogP contribution in [0.1, 0.15) is 64.7 Å². The van der Waals surface area contributed by atoms with Crippen molar-refractivity contribution in [3.8, 4) is 0 Å². The Bertz CT molecular complexity index is 136. The Kier molecular flexibility index (Phi) is 2.43. The Balaban J connectivity index is 1.83. The Morgan fingerprint density at radius 3 is 2.17 bits per heavy atom. The third kappa shape index (κ3) is 1.84. The minimum absolute atomic E-state index is 0.722. The summed E-state index contributed by atoms with van der Waals surface area (Å²) in [5.74, 6) is 1.89. The highest BCUT2D eigenvalue weighted by atomic mass is 14.4. The summed E-state index contributed by atoms with van der Waals surface area (Å²) in [6.07, 6.45) is 13.3. The van der Waals surface area contributed by atoms with Crippen LogP contribution < -0.4 is 0 Å². The SMILES string of the molecule is CC1(C[C]2CCCC2)CCCC1. The second-order valence-electron chi connectivity index (χ2n) is 5.15. The van der Waals surface area contributed by atoms with Crippen LogP contribution >= 0.6 is 0 Å². The minimum atomic E-state index is 0.722. The van der Waals surface area contributed by atoms with Crippen LogP contribution in [0, 0.1) is 11.3 Å². The van der Waals surface area contributed by atoms with E-state index in [1.165, 1.54) is 57.8 Å². The molecular weight excluding hydrogens is 144 g/mol. The monoisotopic (exact) mass is 165 g/mol. The largest absolute Gasteiger partial charge is 0.0596 e. The van der Waals surface area contributed by atoms with Gasteiger partial charge in [0, 0.05) is 0 Å². The van der Waals surface area contributed by atoms with Gasteiger partial charge in [-0.2, -0.15) is 0 Å². The van der Waals surface area contributed by atoms with E-state index in [9.17, 15) is 0 Å². The van der Waals surface area contributed by atoms with Gasteiger partial charge in [-0.15, -0.1) is 0 Å². The maximum absolute atomic E-state index is 2.51. The maximum Gasteiger partial charge on any atom is -0.0236 e. The van der Waals surface area contributed by atoms with E-state index < -0.39 is 0 Å². The van der Waals surface area contributed by atoms with Crippen molar-refractivity contribution in [1.29, 1.82) is 0 Å². The smallest absolute Gasteiger partial charge is 0.0236 e. The molecule has 2 aliphatic rings. The van der Waals surface area contributed by atoms with Gasteiger partial charge in [0.2, 0.25) is 0 Å². The first-order chi connectivity index (χ1) is 5.79. The van der Waals surface area contributed by atoms with Crippen LogP contribution in [0.15, 0.2) is 0 Å². The molecule has 0 aromatic carbocycles. The topological polar surface area (TPSA) is 0 Å². The average Bonchev–Trinajstić information content (AvgIpc) is 2.62. The molecule has 0 unspecified atom stereocenters. The molecule has 0 aliphatic heterocycles. The summed E-state index contributed by atoms with van der Waals surface area (Å²) in [4.78, 5) is 0. The molecule has 0 aromatic rings. The third-order valence-electron chi connectivity index (χ3n) is 3.80. The van der Waals surface area contributed by atoms with E-state index in [-0.39, 0.29) is 0 Å². The zero-order valence-electron chi connectivity index (χ0n) is 8.36. The van der Waals surface area contributed by atoms with E-state index in [2.05, 4.69) is 6.92 Å². The zero-order valence-corrected chi connectivity index (χ0v) is 8.36. The highest BCUT2D eigenvalue weighted by molar-refractivity contribution is 5.00. The summed E-state index contributed by atoms with van der Waals surface area (Å²) in [5.41, 5.74) is 0.722. The van der Waals surface area contributed by atoms with Crippen LogP contribution in [0.4, 0.5) is 0 Å². The maximum atomic E-state index is 2.51. The summed E-state index contributed by atoms with van der Waals surface area (Å²) >= 11 is 0.